The normalized spacial score (nSPS) is 16.2. The lowest BCUT2D eigenvalue weighted by Gasteiger charge is -2.20. The Morgan fingerprint density at radius 3 is 2.52 bits per heavy atom. The van der Waals surface area contributed by atoms with E-state index >= 15 is 0 Å². The molecule has 1 unspecified atom stereocenters. The Labute approximate surface area is 144 Å². The van der Waals surface area contributed by atoms with Gasteiger partial charge in [0.05, 0.1) is 23.1 Å². The number of carbonyl (C=O) groups excluding carboxylic acids is 1. The van der Waals surface area contributed by atoms with E-state index in [1.807, 2.05) is 43.3 Å². The summed E-state index contributed by atoms with van der Waals surface area (Å²) in [7, 11) is 0. The Balaban J connectivity index is 1.74. The SMILES string of the molecule is CC(NC(=O)C1(c2cccc(Br)c2)CC1)c1ccc(C#N)cc1. The summed E-state index contributed by atoms with van der Waals surface area (Å²) >= 11 is 3.47. The number of nitrogens with zero attached hydrogens (tertiary/aromatic N) is 1. The number of benzene rings is 2. The van der Waals surface area contributed by atoms with E-state index in [0.717, 1.165) is 28.4 Å². The standard InChI is InChI=1S/C19H17BrN2O/c1-13(15-7-5-14(12-21)6-8-15)22-18(23)19(9-10-19)16-3-2-4-17(20)11-16/h2-8,11,13H,9-10H2,1H3,(H,22,23). The monoisotopic (exact) mass is 368 g/mol. The highest BCUT2D eigenvalue weighted by atomic mass is 79.9. The molecule has 3 nitrogen and oxygen atoms in total. The number of carbonyl (C=O) groups is 1. The molecule has 1 atom stereocenters. The van der Waals surface area contributed by atoms with E-state index in [4.69, 9.17) is 5.26 Å². The topological polar surface area (TPSA) is 52.9 Å². The average molecular weight is 369 g/mol. The van der Waals surface area contributed by atoms with Crippen molar-refractivity contribution >= 4 is 21.8 Å². The Kier molecular flexibility index (Phi) is 4.23. The molecule has 4 heteroatoms. The molecule has 0 spiro atoms. The number of rotatable bonds is 4. The molecule has 0 aliphatic heterocycles. The summed E-state index contributed by atoms with van der Waals surface area (Å²) in [4.78, 5) is 12.8. The van der Waals surface area contributed by atoms with Crippen LogP contribution in [-0.2, 0) is 10.2 Å². The highest BCUT2D eigenvalue weighted by molar-refractivity contribution is 9.10. The molecule has 1 fully saturated rings. The molecular formula is C19H17BrN2O. The van der Waals surface area contributed by atoms with Crippen molar-refractivity contribution in [3.63, 3.8) is 0 Å². The fourth-order valence-corrected chi connectivity index (χ4v) is 3.22. The van der Waals surface area contributed by atoms with Crippen molar-refractivity contribution in [2.24, 2.45) is 0 Å². The van der Waals surface area contributed by atoms with E-state index in [1.54, 1.807) is 12.1 Å². The van der Waals surface area contributed by atoms with Gasteiger partial charge >= 0.3 is 0 Å². The maximum Gasteiger partial charge on any atom is 0.231 e. The zero-order valence-electron chi connectivity index (χ0n) is 12.8. The van der Waals surface area contributed by atoms with Crippen molar-refractivity contribution in [3.8, 4) is 6.07 Å². The van der Waals surface area contributed by atoms with Gasteiger partial charge in [0.15, 0.2) is 0 Å². The predicted octanol–water partition coefficient (Wildman–Crippen LogP) is 4.23. The molecular weight excluding hydrogens is 352 g/mol. The molecule has 1 aliphatic rings. The molecule has 2 aromatic rings. The second-order valence-electron chi connectivity index (χ2n) is 6.02. The van der Waals surface area contributed by atoms with Gasteiger partial charge in [-0.25, -0.2) is 0 Å². The highest BCUT2D eigenvalue weighted by Crippen LogP contribution is 2.49. The highest BCUT2D eigenvalue weighted by Gasteiger charge is 2.51. The number of nitriles is 1. The Morgan fingerprint density at radius 2 is 1.96 bits per heavy atom. The third-order valence-electron chi connectivity index (χ3n) is 4.45. The van der Waals surface area contributed by atoms with Crippen LogP contribution in [0.1, 0.15) is 42.5 Å². The van der Waals surface area contributed by atoms with Gasteiger partial charge in [-0.1, -0.05) is 40.2 Å². The summed E-state index contributed by atoms with van der Waals surface area (Å²) in [5, 5.41) is 12.0. The van der Waals surface area contributed by atoms with E-state index in [1.165, 1.54) is 0 Å². The van der Waals surface area contributed by atoms with Crippen LogP contribution in [0.15, 0.2) is 53.0 Å². The summed E-state index contributed by atoms with van der Waals surface area (Å²) in [6, 6.07) is 17.3. The minimum Gasteiger partial charge on any atom is -0.349 e. The summed E-state index contributed by atoms with van der Waals surface area (Å²) < 4.78 is 0.995. The smallest absolute Gasteiger partial charge is 0.231 e. The fourth-order valence-electron chi connectivity index (χ4n) is 2.82. The number of nitrogens with one attached hydrogen (secondary N) is 1. The summed E-state index contributed by atoms with van der Waals surface area (Å²) in [5.74, 6) is 0.0764. The first-order valence-corrected chi connectivity index (χ1v) is 8.41. The van der Waals surface area contributed by atoms with Gasteiger partial charge in [-0.3, -0.25) is 4.79 Å². The quantitative estimate of drug-likeness (QED) is 0.877. The van der Waals surface area contributed by atoms with Gasteiger partial charge in [0.25, 0.3) is 0 Å². The molecule has 1 aliphatic carbocycles. The first-order valence-electron chi connectivity index (χ1n) is 7.62. The summed E-state index contributed by atoms with van der Waals surface area (Å²) in [6.45, 7) is 1.97. The van der Waals surface area contributed by atoms with E-state index in [2.05, 4.69) is 27.3 Å². The van der Waals surface area contributed by atoms with Crippen LogP contribution in [0.4, 0.5) is 0 Å². The van der Waals surface area contributed by atoms with Gasteiger partial charge in [-0.15, -0.1) is 0 Å². The van der Waals surface area contributed by atoms with Crippen LogP contribution in [0.3, 0.4) is 0 Å². The Hall–Kier alpha value is -2.12. The summed E-state index contributed by atoms with van der Waals surface area (Å²) in [5.41, 5.74) is 2.31. The van der Waals surface area contributed by atoms with Gasteiger partial charge in [0.2, 0.25) is 5.91 Å². The minimum absolute atomic E-state index is 0.0764. The van der Waals surface area contributed by atoms with Crippen LogP contribution in [0.2, 0.25) is 0 Å². The third-order valence-corrected chi connectivity index (χ3v) is 4.94. The molecule has 1 amide bonds. The second kappa shape index (κ2) is 6.17. The lowest BCUT2D eigenvalue weighted by Crippen LogP contribution is -2.36. The number of halogens is 1. The molecule has 23 heavy (non-hydrogen) atoms. The van der Waals surface area contributed by atoms with Crippen LogP contribution in [0.25, 0.3) is 0 Å². The lowest BCUT2D eigenvalue weighted by molar-refractivity contribution is -0.124. The van der Waals surface area contributed by atoms with Gasteiger partial charge in [0.1, 0.15) is 0 Å². The molecule has 0 saturated heterocycles. The van der Waals surface area contributed by atoms with E-state index in [9.17, 15) is 4.79 Å². The van der Waals surface area contributed by atoms with E-state index < -0.39 is 0 Å². The predicted molar refractivity (Wildman–Crippen MR) is 92.8 cm³/mol. The Bertz CT molecular complexity index is 773. The molecule has 1 saturated carbocycles. The van der Waals surface area contributed by atoms with Crippen molar-refractivity contribution < 1.29 is 4.79 Å². The number of hydrogen-bond donors (Lipinski definition) is 1. The van der Waals surface area contributed by atoms with Crippen LogP contribution in [0.5, 0.6) is 0 Å². The summed E-state index contributed by atoms with van der Waals surface area (Å²) in [6.07, 6.45) is 1.77. The van der Waals surface area contributed by atoms with Crippen molar-refractivity contribution in [1.82, 2.24) is 5.32 Å². The maximum absolute atomic E-state index is 12.8. The van der Waals surface area contributed by atoms with E-state index in [-0.39, 0.29) is 17.4 Å². The van der Waals surface area contributed by atoms with Crippen LogP contribution < -0.4 is 5.32 Å². The van der Waals surface area contributed by atoms with Gasteiger partial charge in [-0.05, 0) is 55.2 Å². The van der Waals surface area contributed by atoms with Crippen LogP contribution >= 0.6 is 15.9 Å². The zero-order chi connectivity index (χ0) is 16.4. The second-order valence-corrected chi connectivity index (χ2v) is 6.94. The molecule has 1 N–H and O–H groups in total. The van der Waals surface area contributed by atoms with Crippen molar-refractivity contribution in [2.75, 3.05) is 0 Å². The van der Waals surface area contributed by atoms with Gasteiger partial charge in [-0.2, -0.15) is 5.26 Å². The van der Waals surface area contributed by atoms with Crippen molar-refractivity contribution in [1.29, 1.82) is 5.26 Å². The minimum atomic E-state index is -0.384. The molecule has 3 rings (SSSR count). The van der Waals surface area contributed by atoms with Gasteiger partial charge < -0.3 is 5.32 Å². The first kappa shape index (κ1) is 15.8. The molecule has 0 aromatic heterocycles. The number of hydrogen-bond acceptors (Lipinski definition) is 2. The zero-order valence-corrected chi connectivity index (χ0v) is 14.4. The first-order chi connectivity index (χ1) is 11.0. The van der Waals surface area contributed by atoms with Crippen LogP contribution in [-0.4, -0.2) is 5.91 Å². The lowest BCUT2D eigenvalue weighted by atomic mass is 9.94. The van der Waals surface area contributed by atoms with Crippen molar-refractivity contribution in [2.45, 2.75) is 31.2 Å². The fraction of sp³-hybridized carbons (Fsp3) is 0.263. The molecule has 2 aromatic carbocycles. The van der Waals surface area contributed by atoms with E-state index in [0.29, 0.717) is 5.56 Å². The number of amides is 1. The molecule has 116 valence electrons. The molecule has 0 bridgehead atoms. The molecule has 0 radical (unpaired) electrons. The maximum atomic E-state index is 12.8. The third kappa shape index (κ3) is 3.16. The van der Waals surface area contributed by atoms with Crippen LogP contribution in [0, 0.1) is 11.3 Å². The largest absolute Gasteiger partial charge is 0.349 e. The molecule has 0 heterocycles. The van der Waals surface area contributed by atoms with Crippen molar-refractivity contribution in [3.05, 3.63) is 69.7 Å². The average Bonchev–Trinajstić information content (AvgIpc) is 3.37. The van der Waals surface area contributed by atoms with Gasteiger partial charge in [0, 0.05) is 4.47 Å². The Morgan fingerprint density at radius 1 is 1.26 bits per heavy atom.